The molecule has 0 aliphatic carbocycles. The normalized spacial score (nSPS) is 12.0. The molecule has 0 aliphatic heterocycles. The summed E-state index contributed by atoms with van der Waals surface area (Å²) in [6.07, 6.45) is 3.06. The van der Waals surface area contributed by atoms with Gasteiger partial charge in [0.05, 0.1) is 18.2 Å². The van der Waals surface area contributed by atoms with E-state index in [0.717, 1.165) is 23.8 Å². The Hall–Kier alpha value is -2.10. The number of nitrogens with one attached hydrogen (secondary N) is 2. The van der Waals surface area contributed by atoms with E-state index in [1.807, 2.05) is 30.3 Å². The maximum atomic E-state index is 11.8. The summed E-state index contributed by atoms with van der Waals surface area (Å²) in [6.45, 7) is 1.25. The standard InChI is InChI=1S/C18H25N3O4S2/c1-21(27(3,24)25)18-7-5-4-6-16(18)14-19-13-12-15-8-10-17(11-9-15)20-26(2,22)23/h4-11,19-20H,12-14H2,1-3H3. The third kappa shape index (κ3) is 6.85. The quantitative estimate of drug-likeness (QED) is 0.614. The number of sulfonamides is 2. The lowest BCUT2D eigenvalue weighted by Gasteiger charge is -2.20. The lowest BCUT2D eigenvalue weighted by atomic mass is 10.1. The van der Waals surface area contributed by atoms with Crippen molar-refractivity contribution in [3.8, 4) is 0 Å². The molecule has 0 aliphatic rings. The molecule has 0 radical (unpaired) electrons. The summed E-state index contributed by atoms with van der Waals surface area (Å²) >= 11 is 0. The maximum absolute atomic E-state index is 11.8. The third-order valence-electron chi connectivity index (χ3n) is 3.99. The van der Waals surface area contributed by atoms with Gasteiger partial charge in [-0.15, -0.1) is 0 Å². The van der Waals surface area contributed by atoms with E-state index in [9.17, 15) is 16.8 Å². The van der Waals surface area contributed by atoms with Crippen LogP contribution in [0.25, 0.3) is 0 Å². The lowest BCUT2D eigenvalue weighted by molar-refractivity contribution is 0.599. The van der Waals surface area contributed by atoms with Crippen LogP contribution in [0.1, 0.15) is 11.1 Å². The highest BCUT2D eigenvalue weighted by Crippen LogP contribution is 2.21. The Balaban J connectivity index is 1.91. The second kappa shape index (κ2) is 8.73. The Bertz CT molecular complexity index is 972. The molecule has 9 heteroatoms. The SMILES string of the molecule is CN(c1ccccc1CNCCc1ccc(NS(C)(=O)=O)cc1)S(C)(=O)=O. The Labute approximate surface area is 161 Å². The van der Waals surface area contributed by atoms with Gasteiger partial charge in [0.2, 0.25) is 20.0 Å². The van der Waals surface area contributed by atoms with Crippen LogP contribution in [0.15, 0.2) is 48.5 Å². The second-order valence-corrected chi connectivity index (χ2v) is 10.1. The highest BCUT2D eigenvalue weighted by Gasteiger charge is 2.14. The monoisotopic (exact) mass is 411 g/mol. The van der Waals surface area contributed by atoms with E-state index in [4.69, 9.17) is 0 Å². The summed E-state index contributed by atoms with van der Waals surface area (Å²) in [6, 6.07) is 14.6. The molecule has 0 saturated carbocycles. The topological polar surface area (TPSA) is 95.6 Å². The van der Waals surface area contributed by atoms with Gasteiger partial charge in [0.15, 0.2) is 0 Å². The average Bonchev–Trinajstić information content (AvgIpc) is 2.58. The minimum atomic E-state index is -3.31. The molecular formula is C18H25N3O4S2. The molecule has 0 spiro atoms. The molecule has 2 rings (SSSR count). The van der Waals surface area contributed by atoms with E-state index >= 15 is 0 Å². The molecule has 148 valence electrons. The van der Waals surface area contributed by atoms with Crippen LogP contribution in [0, 0.1) is 0 Å². The van der Waals surface area contributed by atoms with Gasteiger partial charge in [-0.1, -0.05) is 30.3 Å². The van der Waals surface area contributed by atoms with E-state index in [-0.39, 0.29) is 0 Å². The Morgan fingerprint density at radius 1 is 0.926 bits per heavy atom. The van der Waals surface area contributed by atoms with Crippen LogP contribution < -0.4 is 14.3 Å². The van der Waals surface area contributed by atoms with E-state index in [0.29, 0.717) is 24.5 Å². The number of benzene rings is 2. The summed E-state index contributed by atoms with van der Waals surface area (Å²) in [5, 5.41) is 3.32. The van der Waals surface area contributed by atoms with Gasteiger partial charge in [0, 0.05) is 19.3 Å². The summed E-state index contributed by atoms with van der Waals surface area (Å²) in [7, 11) is -5.04. The van der Waals surface area contributed by atoms with E-state index in [1.165, 1.54) is 10.6 Å². The zero-order chi connectivity index (χ0) is 20.1. The molecule has 2 aromatic carbocycles. The van der Waals surface area contributed by atoms with Crippen molar-refractivity contribution < 1.29 is 16.8 Å². The van der Waals surface area contributed by atoms with Gasteiger partial charge < -0.3 is 5.32 Å². The van der Waals surface area contributed by atoms with Crippen molar-refractivity contribution in [2.75, 3.05) is 35.1 Å². The molecular weight excluding hydrogens is 386 g/mol. The molecule has 0 atom stereocenters. The van der Waals surface area contributed by atoms with Crippen molar-refractivity contribution in [2.45, 2.75) is 13.0 Å². The fraction of sp³-hybridized carbons (Fsp3) is 0.333. The van der Waals surface area contributed by atoms with Crippen LogP contribution in [-0.4, -0.2) is 42.9 Å². The zero-order valence-corrected chi connectivity index (χ0v) is 17.3. The molecule has 0 fully saturated rings. The molecule has 0 amide bonds. The van der Waals surface area contributed by atoms with Crippen LogP contribution in [-0.2, 0) is 33.0 Å². The number of nitrogens with zero attached hydrogens (tertiary/aromatic N) is 1. The van der Waals surface area contributed by atoms with Gasteiger partial charge >= 0.3 is 0 Å². The van der Waals surface area contributed by atoms with Crippen molar-refractivity contribution in [3.63, 3.8) is 0 Å². The van der Waals surface area contributed by atoms with Gasteiger partial charge in [0.1, 0.15) is 0 Å². The molecule has 2 aromatic rings. The number of hydrogen-bond donors (Lipinski definition) is 2. The van der Waals surface area contributed by atoms with Crippen LogP contribution in [0.4, 0.5) is 11.4 Å². The van der Waals surface area contributed by atoms with Crippen LogP contribution in [0.3, 0.4) is 0 Å². The van der Waals surface area contributed by atoms with Gasteiger partial charge in [-0.25, -0.2) is 16.8 Å². The van der Waals surface area contributed by atoms with E-state index < -0.39 is 20.0 Å². The fourth-order valence-corrected chi connectivity index (χ4v) is 3.66. The minimum Gasteiger partial charge on any atom is -0.312 e. The number of hydrogen-bond acceptors (Lipinski definition) is 5. The Morgan fingerprint density at radius 2 is 1.56 bits per heavy atom. The van der Waals surface area contributed by atoms with Crippen molar-refractivity contribution in [1.82, 2.24) is 5.32 Å². The highest BCUT2D eigenvalue weighted by molar-refractivity contribution is 7.92. The third-order valence-corrected chi connectivity index (χ3v) is 5.79. The molecule has 0 aromatic heterocycles. The molecule has 0 saturated heterocycles. The molecule has 7 nitrogen and oxygen atoms in total. The van der Waals surface area contributed by atoms with Gasteiger partial charge in [0.25, 0.3) is 0 Å². The highest BCUT2D eigenvalue weighted by atomic mass is 32.2. The first-order chi connectivity index (χ1) is 12.6. The first kappa shape index (κ1) is 21.2. The molecule has 0 heterocycles. The van der Waals surface area contributed by atoms with Crippen molar-refractivity contribution in [1.29, 1.82) is 0 Å². The Morgan fingerprint density at radius 3 is 2.15 bits per heavy atom. The minimum absolute atomic E-state index is 0.534. The predicted molar refractivity (Wildman–Crippen MR) is 110 cm³/mol. The molecule has 27 heavy (non-hydrogen) atoms. The van der Waals surface area contributed by atoms with E-state index in [2.05, 4.69) is 10.0 Å². The van der Waals surface area contributed by atoms with Crippen LogP contribution in [0.5, 0.6) is 0 Å². The summed E-state index contributed by atoms with van der Waals surface area (Å²) in [5.74, 6) is 0. The number of para-hydroxylation sites is 1. The van der Waals surface area contributed by atoms with Crippen molar-refractivity contribution in [3.05, 3.63) is 59.7 Å². The second-order valence-electron chi connectivity index (χ2n) is 6.36. The van der Waals surface area contributed by atoms with E-state index in [1.54, 1.807) is 25.2 Å². The van der Waals surface area contributed by atoms with Gasteiger partial charge in [-0.2, -0.15) is 0 Å². The average molecular weight is 412 g/mol. The largest absolute Gasteiger partial charge is 0.312 e. The van der Waals surface area contributed by atoms with Crippen molar-refractivity contribution >= 4 is 31.4 Å². The molecule has 0 bridgehead atoms. The van der Waals surface area contributed by atoms with Gasteiger partial charge in [-0.05, 0) is 42.3 Å². The zero-order valence-electron chi connectivity index (χ0n) is 15.6. The summed E-state index contributed by atoms with van der Waals surface area (Å²) < 4.78 is 49.7. The number of anilines is 2. The lowest BCUT2D eigenvalue weighted by Crippen LogP contribution is -2.27. The fourth-order valence-electron chi connectivity index (χ4n) is 2.56. The van der Waals surface area contributed by atoms with Crippen LogP contribution in [0.2, 0.25) is 0 Å². The maximum Gasteiger partial charge on any atom is 0.232 e. The van der Waals surface area contributed by atoms with Gasteiger partial charge in [-0.3, -0.25) is 9.03 Å². The molecule has 0 unspecified atom stereocenters. The summed E-state index contributed by atoms with van der Waals surface area (Å²) in [5.41, 5.74) is 3.16. The number of rotatable bonds is 9. The van der Waals surface area contributed by atoms with Crippen molar-refractivity contribution in [2.24, 2.45) is 0 Å². The van der Waals surface area contributed by atoms with Crippen LogP contribution >= 0.6 is 0 Å². The summed E-state index contributed by atoms with van der Waals surface area (Å²) in [4.78, 5) is 0. The first-order valence-electron chi connectivity index (χ1n) is 8.35. The molecule has 2 N–H and O–H groups in total. The predicted octanol–water partition coefficient (Wildman–Crippen LogP) is 1.79. The smallest absolute Gasteiger partial charge is 0.232 e. The first-order valence-corrected chi connectivity index (χ1v) is 12.1. The Kier molecular flexibility index (Phi) is 6.85.